The number of hydrogen-bond acceptors (Lipinski definition) is 1. The summed E-state index contributed by atoms with van der Waals surface area (Å²) >= 11 is 0. The van der Waals surface area contributed by atoms with Crippen molar-refractivity contribution in [2.24, 2.45) is 5.92 Å². The molecule has 0 rings (SSSR count). The maximum atomic E-state index is 8.69. The first-order chi connectivity index (χ1) is 4.13. The number of aliphatic hydroxyl groups excluding tert-OH is 1. The Balaban J connectivity index is 3.38. The lowest BCUT2D eigenvalue weighted by atomic mass is 10.1. The van der Waals surface area contributed by atoms with Crippen LogP contribution in [-0.2, 0) is 0 Å². The Morgan fingerprint density at radius 1 is 1.33 bits per heavy atom. The lowest BCUT2D eigenvalue weighted by Gasteiger charge is -1.93. The molecule has 0 aromatic heterocycles. The molecule has 0 aliphatic carbocycles. The standard InChI is InChI=1S/C8H14O/c1-7(2)5-4-6-8(3)9/h7-9H,5H2,1-3H3. The van der Waals surface area contributed by atoms with E-state index in [0.717, 1.165) is 6.42 Å². The van der Waals surface area contributed by atoms with Crippen molar-refractivity contribution in [2.75, 3.05) is 0 Å². The molecule has 0 saturated heterocycles. The van der Waals surface area contributed by atoms with Crippen LogP contribution in [0.2, 0.25) is 0 Å². The van der Waals surface area contributed by atoms with Crippen molar-refractivity contribution >= 4 is 0 Å². The molecule has 1 unspecified atom stereocenters. The van der Waals surface area contributed by atoms with Crippen molar-refractivity contribution in [1.29, 1.82) is 0 Å². The lowest BCUT2D eigenvalue weighted by Crippen LogP contribution is -1.93. The zero-order valence-corrected chi connectivity index (χ0v) is 6.31. The zero-order chi connectivity index (χ0) is 7.28. The number of hydrogen-bond donors (Lipinski definition) is 1. The molecule has 9 heavy (non-hydrogen) atoms. The van der Waals surface area contributed by atoms with Gasteiger partial charge in [0.2, 0.25) is 0 Å². The van der Waals surface area contributed by atoms with Crippen LogP contribution in [0.5, 0.6) is 0 Å². The van der Waals surface area contributed by atoms with Gasteiger partial charge in [0.05, 0.1) is 0 Å². The van der Waals surface area contributed by atoms with Gasteiger partial charge in [0.25, 0.3) is 0 Å². The quantitative estimate of drug-likeness (QED) is 0.527. The molecule has 0 radical (unpaired) electrons. The van der Waals surface area contributed by atoms with Gasteiger partial charge in [-0.3, -0.25) is 0 Å². The topological polar surface area (TPSA) is 20.2 Å². The van der Waals surface area contributed by atoms with E-state index in [2.05, 4.69) is 25.7 Å². The third-order valence-electron chi connectivity index (χ3n) is 0.821. The first-order valence-corrected chi connectivity index (χ1v) is 3.29. The van der Waals surface area contributed by atoms with Crippen molar-refractivity contribution in [2.45, 2.75) is 33.3 Å². The average Bonchev–Trinajstić information content (AvgIpc) is 1.63. The van der Waals surface area contributed by atoms with Crippen LogP contribution in [0.1, 0.15) is 27.2 Å². The van der Waals surface area contributed by atoms with E-state index in [4.69, 9.17) is 5.11 Å². The smallest absolute Gasteiger partial charge is 0.111 e. The molecule has 0 amide bonds. The highest BCUT2D eigenvalue weighted by atomic mass is 16.3. The van der Waals surface area contributed by atoms with Crippen LogP contribution >= 0.6 is 0 Å². The van der Waals surface area contributed by atoms with Gasteiger partial charge in [-0.05, 0) is 12.8 Å². The monoisotopic (exact) mass is 126 g/mol. The van der Waals surface area contributed by atoms with Crippen LogP contribution in [0, 0.1) is 17.8 Å². The highest BCUT2D eigenvalue weighted by Gasteiger charge is 1.87. The highest BCUT2D eigenvalue weighted by Crippen LogP contribution is 1.95. The molecule has 1 nitrogen and oxygen atoms in total. The number of aliphatic hydroxyl groups is 1. The highest BCUT2D eigenvalue weighted by molar-refractivity contribution is 5.03. The molecule has 0 spiro atoms. The van der Waals surface area contributed by atoms with Gasteiger partial charge < -0.3 is 5.11 Å². The Kier molecular flexibility index (Phi) is 4.17. The van der Waals surface area contributed by atoms with Gasteiger partial charge in [-0.25, -0.2) is 0 Å². The Labute approximate surface area is 57.1 Å². The summed E-state index contributed by atoms with van der Waals surface area (Å²) in [5.74, 6) is 6.17. The summed E-state index contributed by atoms with van der Waals surface area (Å²) in [5, 5.41) is 8.69. The summed E-state index contributed by atoms with van der Waals surface area (Å²) in [7, 11) is 0. The van der Waals surface area contributed by atoms with Crippen molar-refractivity contribution in [3.8, 4) is 11.8 Å². The summed E-state index contributed by atoms with van der Waals surface area (Å²) < 4.78 is 0. The predicted octanol–water partition coefficient (Wildman–Crippen LogP) is 1.42. The molecule has 1 atom stereocenters. The molecule has 0 aliphatic heterocycles. The number of rotatable bonds is 1. The summed E-state index contributed by atoms with van der Waals surface area (Å²) in [6.07, 6.45) is 0.411. The van der Waals surface area contributed by atoms with Crippen molar-refractivity contribution in [1.82, 2.24) is 0 Å². The molecular formula is C8H14O. The van der Waals surface area contributed by atoms with E-state index in [1.165, 1.54) is 0 Å². The minimum Gasteiger partial charge on any atom is -0.381 e. The third-order valence-corrected chi connectivity index (χ3v) is 0.821. The summed E-state index contributed by atoms with van der Waals surface area (Å²) in [6.45, 7) is 5.89. The van der Waals surface area contributed by atoms with Gasteiger partial charge in [0.15, 0.2) is 0 Å². The predicted molar refractivity (Wildman–Crippen MR) is 38.9 cm³/mol. The largest absolute Gasteiger partial charge is 0.381 e. The maximum Gasteiger partial charge on any atom is 0.111 e. The Morgan fingerprint density at radius 3 is 2.22 bits per heavy atom. The maximum absolute atomic E-state index is 8.69. The van der Waals surface area contributed by atoms with Gasteiger partial charge in [0.1, 0.15) is 6.10 Å². The van der Waals surface area contributed by atoms with E-state index in [0.29, 0.717) is 5.92 Å². The second-order valence-electron chi connectivity index (χ2n) is 2.60. The van der Waals surface area contributed by atoms with Crippen molar-refractivity contribution < 1.29 is 5.11 Å². The fourth-order valence-corrected chi connectivity index (χ4v) is 0.411. The molecule has 0 aliphatic rings. The molecule has 1 heteroatoms. The first kappa shape index (κ1) is 8.52. The minimum atomic E-state index is -0.469. The molecule has 0 fully saturated rings. The average molecular weight is 126 g/mol. The van der Waals surface area contributed by atoms with Crippen molar-refractivity contribution in [3.63, 3.8) is 0 Å². The SMILES string of the molecule is CC(O)C#CCC(C)C. The van der Waals surface area contributed by atoms with Crippen LogP contribution in [0.15, 0.2) is 0 Å². The first-order valence-electron chi connectivity index (χ1n) is 3.29. The lowest BCUT2D eigenvalue weighted by molar-refractivity contribution is 0.253. The van der Waals surface area contributed by atoms with Gasteiger partial charge >= 0.3 is 0 Å². The summed E-state index contributed by atoms with van der Waals surface area (Å²) in [5.41, 5.74) is 0. The summed E-state index contributed by atoms with van der Waals surface area (Å²) in [6, 6.07) is 0. The molecule has 0 bridgehead atoms. The van der Waals surface area contributed by atoms with Gasteiger partial charge in [-0.15, -0.1) is 5.92 Å². The normalized spacial score (nSPS) is 12.6. The Bertz CT molecular complexity index is 114. The van der Waals surface area contributed by atoms with Crippen LogP contribution < -0.4 is 0 Å². The minimum absolute atomic E-state index is 0.469. The Hall–Kier alpha value is -0.480. The fourth-order valence-electron chi connectivity index (χ4n) is 0.411. The van der Waals surface area contributed by atoms with E-state index < -0.39 is 6.10 Å². The third kappa shape index (κ3) is 7.52. The molecule has 0 aromatic carbocycles. The van der Waals surface area contributed by atoms with Crippen LogP contribution in [0.3, 0.4) is 0 Å². The molecule has 52 valence electrons. The van der Waals surface area contributed by atoms with E-state index in [1.807, 2.05) is 0 Å². The summed E-state index contributed by atoms with van der Waals surface area (Å²) in [4.78, 5) is 0. The van der Waals surface area contributed by atoms with Crippen LogP contribution in [0.4, 0.5) is 0 Å². The van der Waals surface area contributed by atoms with Crippen LogP contribution in [-0.4, -0.2) is 11.2 Å². The second-order valence-corrected chi connectivity index (χ2v) is 2.60. The van der Waals surface area contributed by atoms with Gasteiger partial charge in [-0.2, -0.15) is 0 Å². The van der Waals surface area contributed by atoms with Crippen LogP contribution in [0.25, 0.3) is 0 Å². The van der Waals surface area contributed by atoms with E-state index in [1.54, 1.807) is 6.92 Å². The molecule has 1 N–H and O–H groups in total. The Morgan fingerprint density at radius 2 is 1.89 bits per heavy atom. The molecule has 0 heterocycles. The zero-order valence-electron chi connectivity index (χ0n) is 6.31. The van der Waals surface area contributed by atoms with E-state index in [9.17, 15) is 0 Å². The molecular weight excluding hydrogens is 112 g/mol. The van der Waals surface area contributed by atoms with Gasteiger partial charge in [0, 0.05) is 6.42 Å². The van der Waals surface area contributed by atoms with Crippen molar-refractivity contribution in [3.05, 3.63) is 0 Å². The van der Waals surface area contributed by atoms with Gasteiger partial charge in [-0.1, -0.05) is 19.8 Å². The fraction of sp³-hybridized carbons (Fsp3) is 0.750. The molecule has 0 aromatic rings. The van der Waals surface area contributed by atoms with E-state index in [-0.39, 0.29) is 0 Å². The molecule has 0 saturated carbocycles. The second kappa shape index (κ2) is 4.40. The van der Waals surface area contributed by atoms with E-state index >= 15 is 0 Å².